The molecule has 2 amide bonds. The standard InChI is InChI=1S/C25H26FN3O4/c1-25(2,3)29(24(31)33-17-19-12-8-5-9-13-19)22-14-21(20(26)15-27-22)28-23(30)32-16-18-10-6-4-7-11-18/h4-15H,16-17H2,1-3H3,(H,27,28,30). The molecule has 3 aromatic rings. The Morgan fingerprint density at radius 3 is 2.03 bits per heavy atom. The molecule has 33 heavy (non-hydrogen) atoms. The largest absolute Gasteiger partial charge is 0.444 e. The molecule has 0 unspecified atom stereocenters. The summed E-state index contributed by atoms with van der Waals surface area (Å²) in [5, 5.41) is 2.37. The molecule has 0 radical (unpaired) electrons. The van der Waals surface area contributed by atoms with Gasteiger partial charge in [0.15, 0.2) is 5.82 Å². The molecular formula is C25H26FN3O4. The molecule has 172 valence electrons. The minimum atomic E-state index is -0.830. The maximum absolute atomic E-state index is 14.4. The number of ether oxygens (including phenoxy) is 2. The van der Waals surface area contributed by atoms with Gasteiger partial charge in [-0.25, -0.2) is 19.0 Å². The van der Waals surface area contributed by atoms with E-state index in [0.29, 0.717) is 0 Å². The third kappa shape index (κ3) is 6.77. The van der Waals surface area contributed by atoms with E-state index in [0.717, 1.165) is 17.3 Å². The van der Waals surface area contributed by atoms with Crippen molar-refractivity contribution in [2.45, 2.75) is 39.5 Å². The number of carbonyl (C=O) groups is 2. The van der Waals surface area contributed by atoms with Crippen LogP contribution in [0.25, 0.3) is 0 Å². The monoisotopic (exact) mass is 451 g/mol. The summed E-state index contributed by atoms with van der Waals surface area (Å²) < 4.78 is 25.0. The molecule has 0 spiro atoms. The zero-order chi connectivity index (χ0) is 23.8. The van der Waals surface area contributed by atoms with Crippen LogP contribution in [0.5, 0.6) is 0 Å². The predicted octanol–water partition coefficient (Wildman–Crippen LogP) is 5.91. The highest BCUT2D eigenvalue weighted by atomic mass is 19.1. The molecule has 1 N–H and O–H groups in total. The third-order valence-electron chi connectivity index (χ3n) is 4.58. The second-order valence-electron chi connectivity index (χ2n) is 8.26. The lowest BCUT2D eigenvalue weighted by Crippen LogP contribution is -2.46. The number of halogens is 1. The maximum Gasteiger partial charge on any atom is 0.416 e. The molecule has 1 aromatic heterocycles. The zero-order valence-electron chi connectivity index (χ0n) is 18.7. The molecule has 2 aromatic carbocycles. The number of hydrogen-bond donors (Lipinski definition) is 1. The Hall–Kier alpha value is -3.94. The van der Waals surface area contributed by atoms with Crippen LogP contribution in [0.3, 0.4) is 0 Å². The van der Waals surface area contributed by atoms with E-state index in [1.54, 1.807) is 32.9 Å². The van der Waals surface area contributed by atoms with Crippen LogP contribution in [-0.4, -0.2) is 22.7 Å². The highest BCUT2D eigenvalue weighted by molar-refractivity contribution is 5.90. The Morgan fingerprint density at radius 1 is 0.939 bits per heavy atom. The number of pyridine rings is 1. The van der Waals surface area contributed by atoms with E-state index in [1.807, 2.05) is 48.5 Å². The molecule has 1 heterocycles. The summed E-state index contributed by atoms with van der Waals surface area (Å²) >= 11 is 0. The number of aromatic nitrogens is 1. The Balaban J connectivity index is 1.73. The maximum atomic E-state index is 14.4. The van der Waals surface area contributed by atoms with Crippen molar-refractivity contribution in [1.82, 2.24) is 4.98 Å². The van der Waals surface area contributed by atoms with Crippen molar-refractivity contribution < 1.29 is 23.5 Å². The van der Waals surface area contributed by atoms with Gasteiger partial charge in [0.05, 0.1) is 11.9 Å². The molecular weight excluding hydrogens is 425 g/mol. The summed E-state index contributed by atoms with van der Waals surface area (Å²) in [6.07, 6.45) is -0.544. The fourth-order valence-electron chi connectivity index (χ4n) is 3.01. The van der Waals surface area contributed by atoms with Crippen LogP contribution in [0.15, 0.2) is 72.9 Å². The van der Waals surface area contributed by atoms with Crippen LogP contribution in [-0.2, 0) is 22.7 Å². The molecule has 8 heteroatoms. The van der Waals surface area contributed by atoms with Gasteiger partial charge in [-0.3, -0.25) is 10.2 Å². The van der Waals surface area contributed by atoms with E-state index in [2.05, 4.69) is 10.3 Å². The summed E-state index contributed by atoms with van der Waals surface area (Å²) in [6, 6.07) is 19.6. The Bertz CT molecular complexity index is 1090. The van der Waals surface area contributed by atoms with Crippen molar-refractivity contribution in [3.8, 4) is 0 Å². The van der Waals surface area contributed by atoms with Crippen LogP contribution < -0.4 is 10.2 Å². The van der Waals surface area contributed by atoms with Crippen molar-refractivity contribution in [2.75, 3.05) is 10.2 Å². The van der Waals surface area contributed by atoms with Gasteiger partial charge in [0.2, 0.25) is 0 Å². The Kier molecular flexibility index (Phi) is 7.61. The molecule has 0 saturated carbocycles. The number of anilines is 2. The SMILES string of the molecule is CC(C)(C)N(C(=O)OCc1ccccc1)c1cc(NC(=O)OCc2ccccc2)c(F)cn1. The van der Waals surface area contributed by atoms with Crippen molar-refractivity contribution in [3.63, 3.8) is 0 Å². The van der Waals surface area contributed by atoms with Crippen LogP contribution in [0.2, 0.25) is 0 Å². The molecule has 0 aliphatic rings. The number of nitrogens with one attached hydrogen (secondary N) is 1. The van der Waals surface area contributed by atoms with Crippen molar-refractivity contribution in [1.29, 1.82) is 0 Å². The number of benzene rings is 2. The van der Waals surface area contributed by atoms with Crippen molar-refractivity contribution >= 4 is 23.7 Å². The quantitative estimate of drug-likeness (QED) is 0.504. The van der Waals surface area contributed by atoms with E-state index in [9.17, 15) is 14.0 Å². The van der Waals surface area contributed by atoms with Gasteiger partial charge in [-0.2, -0.15) is 0 Å². The van der Waals surface area contributed by atoms with Gasteiger partial charge in [-0.05, 0) is 31.9 Å². The fourth-order valence-corrected chi connectivity index (χ4v) is 3.01. The van der Waals surface area contributed by atoms with E-state index in [1.165, 1.54) is 11.0 Å². The van der Waals surface area contributed by atoms with E-state index < -0.39 is 23.5 Å². The van der Waals surface area contributed by atoms with Gasteiger partial charge in [0.25, 0.3) is 0 Å². The zero-order valence-corrected chi connectivity index (χ0v) is 18.7. The summed E-state index contributed by atoms with van der Waals surface area (Å²) in [4.78, 5) is 30.4. The average molecular weight is 451 g/mol. The van der Waals surface area contributed by atoms with Gasteiger partial charge in [0.1, 0.15) is 19.0 Å². The van der Waals surface area contributed by atoms with Gasteiger partial charge in [-0.15, -0.1) is 0 Å². The van der Waals surface area contributed by atoms with Gasteiger partial charge >= 0.3 is 12.2 Å². The third-order valence-corrected chi connectivity index (χ3v) is 4.58. The molecule has 0 aliphatic carbocycles. The topological polar surface area (TPSA) is 80.8 Å². The predicted molar refractivity (Wildman–Crippen MR) is 123 cm³/mol. The van der Waals surface area contributed by atoms with E-state index in [-0.39, 0.29) is 24.7 Å². The van der Waals surface area contributed by atoms with Crippen molar-refractivity contribution in [3.05, 3.63) is 89.9 Å². The van der Waals surface area contributed by atoms with E-state index >= 15 is 0 Å². The number of rotatable bonds is 6. The van der Waals surface area contributed by atoms with E-state index in [4.69, 9.17) is 9.47 Å². The summed E-state index contributed by atoms with van der Waals surface area (Å²) in [5.41, 5.74) is 0.728. The highest BCUT2D eigenvalue weighted by Crippen LogP contribution is 2.27. The molecule has 0 saturated heterocycles. The average Bonchev–Trinajstić information content (AvgIpc) is 2.79. The number of amides is 2. The highest BCUT2D eigenvalue weighted by Gasteiger charge is 2.31. The number of nitrogens with zero attached hydrogens (tertiary/aromatic N) is 2. The van der Waals surface area contributed by atoms with Crippen molar-refractivity contribution in [2.24, 2.45) is 0 Å². The van der Waals surface area contributed by atoms with Crippen LogP contribution in [0, 0.1) is 5.82 Å². The molecule has 0 fully saturated rings. The lowest BCUT2D eigenvalue weighted by molar-refractivity contribution is 0.141. The first-order chi connectivity index (χ1) is 15.7. The van der Waals surface area contributed by atoms with Crippen LogP contribution in [0.1, 0.15) is 31.9 Å². The normalized spacial score (nSPS) is 10.9. The first kappa shape index (κ1) is 23.7. The minimum absolute atomic E-state index is 0.0339. The Labute approximate surface area is 192 Å². The van der Waals surface area contributed by atoms with Gasteiger partial charge in [0, 0.05) is 11.6 Å². The number of hydrogen-bond acceptors (Lipinski definition) is 5. The summed E-state index contributed by atoms with van der Waals surface area (Å²) in [7, 11) is 0. The summed E-state index contributed by atoms with van der Waals surface area (Å²) in [6.45, 7) is 5.49. The molecule has 3 rings (SSSR count). The first-order valence-electron chi connectivity index (χ1n) is 10.4. The summed E-state index contributed by atoms with van der Waals surface area (Å²) in [5.74, 6) is -0.637. The second-order valence-corrected chi connectivity index (χ2v) is 8.26. The van der Waals surface area contributed by atoms with Gasteiger partial charge < -0.3 is 9.47 Å². The Morgan fingerprint density at radius 2 is 1.48 bits per heavy atom. The molecule has 0 atom stereocenters. The second kappa shape index (κ2) is 10.6. The lowest BCUT2D eigenvalue weighted by Gasteiger charge is -2.34. The lowest BCUT2D eigenvalue weighted by atomic mass is 10.1. The minimum Gasteiger partial charge on any atom is -0.444 e. The van der Waals surface area contributed by atoms with Crippen LogP contribution in [0.4, 0.5) is 25.5 Å². The fraction of sp³-hybridized carbons (Fsp3) is 0.240. The molecule has 7 nitrogen and oxygen atoms in total. The first-order valence-corrected chi connectivity index (χ1v) is 10.4. The molecule has 0 bridgehead atoms. The van der Waals surface area contributed by atoms with Gasteiger partial charge in [-0.1, -0.05) is 60.7 Å². The number of carbonyl (C=O) groups excluding carboxylic acids is 2. The van der Waals surface area contributed by atoms with Crippen LogP contribution >= 0.6 is 0 Å². The smallest absolute Gasteiger partial charge is 0.416 e. The molecule has 0 aliphatic heterocycles.